The van der Waals surface area contributed by atoms with Crippen LogP contribution in [-0.4, -0.2) is 47.3 Å². The maximum absolute atomic E-state index is 13.2. The molecule has 1 spiro atoms. The van der Waals surface area contributed by atoms with Gasteiger partial charge in [-0.25, -0.2) is 0 Å². The lowest BCUT2D eigenvalue weighted by atomic mass is 9.78. The van der Waals surface area contributed by atoms with Crippen molar-refractivity contribution in [1.82, 2.24) is 9.88 Å². The first-order valence-corrected chi connectivity index (χ1v) is 13.1. The summed E-state index contributed by atoms with van der Waals surface area (Å²) < 4.78 is 80.6. The average molecular weight is 589 g/mol. The summed E-state index contributed by atoms with van der Waals surface area (Å²) in [5.74, 6) is -0.280. The Morgan fingerprint density at radius 3 is 2.27 bits per heavy atom. The standard InChI is InChI=1S/C25H22F6N4O4S/c26-24(27,28)16-11-18-20(19(12-16)35(37)38)40-22(32-21(18)36)34-9-6-23(7-10-34)5-8-33(14-23)13-15-1-3-17(4-2-15)39-25(29,30)31/h1-4,11-12H,5-10,13-14H2. The zero-order valence-corrected chi connectivity index (χ0v) is 21.5. The molecule has 0 unspecified atom stereocenters. The molecule has 40 heavy (non-hydrogen) atoms. The molecule has 2 aliphatic rings. The lowest BCUT2D eigenvalue weighted by Crippen LogP contribution is -2.42. The maximum atomic E-state index is 13.2. The van der Waals surface area contributed by atoms with Crippen molar-refractivity contribution >= 4 is 32.2 Å². The lowest BCUT2D eigenvalue weighted by molar-refractivity contribution is -0.383. The van der Waals surface area contributed by atoms with Gasteiger partial charge in [-0.3, -0.25) is 19.8 Å². The molecule has 2 aliphatic heterocycles. The van der Waals surface area contributed by atoms with E-state index in [0.717, 1.165) is 49.3 Å². The second-order valence-electron chi connectivity index (χ2n) is 10.1. The van der Waals surface area contributed by atoms with Gasteiger partial charge in [0.15, 0.2) is 5.13 Å². The number of hydrogen-bond donors (Lipinski definition) is 0. The number of ether oxygens (including phenoxy) is 1. The third-order valence-corrected chi connectivity index (χ3v) is 8.55. The number of nitro benzene ring substituents is 1. The number of benzene rings is 2. The van der Waals surface area contributed by atoms with Crippen LogP contribution in [0, 0.1) is 15.5 Å². The number of alkyl halides is 6. The molecule has 0 amide bonds. The third kappa shape index (κ3) is 5.99. The van der Waals surface area contributed by atoms with Gasteiger partial charge >= 0.3 is 12.5 Å². The minimum absolute atomic E-state index is 0.00868. The maximum Gasteiger partial charge on any atom is 0.573 e. The van der Waals surface area contributed by atoms with Gasteiger partial charge in [-0.1, -0.05) is 23.5 Å². The van der Waals surface area contributed by atoms with E-state index in [4.69, 9.17) is 0 Å². The number of piperidine rings is 1. The van der Waals surface area contributed by atoms with Crippen molar-refractivity contribution < 1.29 is 36.0 Å². The molecule has 214 valence electrons. The van der Waals surface area contributed by atoms with Crippen LogP contribution in [0.5, 0.6) is 5.75 Å². The van der Waals surface area contributed by atoms with Crippen molar-refractivity contribution in [1.29, 1.82) is 0 Å². The number of aromatic nitrogens is 1. The summed E-state index contributed by atoms with van der Waals surface area (Å²) in [5, 5.41) is 11.3. The Kier molecular flexibility index (Phi) is 7.15. The molecule has 2 saturated heterocycles. The zero-order valence-electron chi connectivity index (χ0n) is 20.7. The molecule has 0 radical (unpaired) electrons. The van der Waals surface area contributed by atoms with Crippen LogP contribution in [0.2, 0.25) is 0 Å². The minimum atomic E-state index is -4.85. The summed E-state index contributed by atoms with van der Waals surface area (Å²) in [6.45, 7) is 3.17. The minimum Gasteiger partial charge on any atom is -0.406 e. The molecular formula is C25H22F6N4O4S. The number of non-ortho nitro benzene ring substituents is 1. The van der Waals surface area contributed by atoms with Gasteiger partial charge in [0.05, 0.1) is 15.9 Å². The first kappa shape index (κ1) is 28.1. The molecule has 0 aliphatic carbocycles. The molecule has 0 N–H and O–H groups in total. The Morgan fingerprint density at radius 1 is 1.02 bits per heavy atom. The van der Waals surface area contributed by atoms with Crippen molar-refractivity contribution in [3.8, 4) is 5.75 Å². The van der Waals surface area contributed by atoms with Crippen LogP contribution in [0.1, 0.15) is 30.4 Å². The topological polar surface area (TPSA) is 88.8 Å². The van der Waals surface area contributed by atoms with E-state index in [9.17, 15) is 41.3 Å². The molecule has 15 heteroatoms. The van der Waals surface area contributed by atoms with Crippen molar-refractivity contribution in [3.05, 3.63) is 68.0 Å². The third-order valence-electron chi connectivity index (χ3n) is 7.39. The highest BCUT2D eigenvalue weighted by Crippen LogP contribution is 2.43. The summed E-state index contributed by atoms with van der Waals surface area (Å²) >= 11 is 0.834. The Balaban J connectivity index is 1.27. The highest BCUT2D eigenvalue weighted by atomic mass is 32.1. The van der Waals surface area contributed by atoms with E-state index < -0.39 is 39.7 Å². The number of nitro groups is 1. The average Bonchev–Trinajstić information content (AvgIpc) is 3.25. The van der Waals surface area contributed by atoms with Gasteiger partial charge in [-0.2, -0.15) is 18.2 Å². The predicted molar refractivity (Wildman–Crippen MR) is 134 cm³/mol. The summed E-state index contributed by atoms with van der Waals surface area (Å²) in [7, 11) is 0. The van der Waals surface area contributed by atoms with Crippen LogP contribution < -0.4 is 15.2 Å². The van der Waals surface area contributed by atoms with Crippen LogP contribution in [0.4, 0.5) is 37.2 Å². The number of fused-ring (bicyclic) bond motifs is 1. The molecule has 3 aromatic rings. The second kappa shape index (κ2) is 10.2. The van der Waals surface area contributed by atoms with Crippen molar-refractivity contribution in [2.45, 2.75) is 38.3 Å². The van der Waals surface area contributed by atoms with E-state index in [-0.39, 0.29) is 21.0 Å². The van der Waals surface area contributed by atoms with Gasteiger partial charge in [0.25, 0.3) is 11.2 Å². The summed E-state index contributed by atoms with van der Waals surface area (Å²) in [4.78, 5) is 31.3. The van der Waals surface area contributed by atoms with E-state index in [1.165, 1.54) is 12.1 Å². The Bertz CT molecular complexity index is 1480. The van der Waals surface area contributed by atoms with Gasteiger partial charge in [0.2, 0.25) is 0 Å². The van der Waals surface area contributed by atoms with Gasteiger partial charge in [0, 0.05) is 32.2 Å². The molecular weight excluding hydrogens is 566 g/mol. The molecule has 0 saturated carbocycles. The highest BCUT2D eigenvalue weighted by Gasteiger charge is 2.41. The van der Waals surface area contributed by atoms with Crippen LogP contribution in [-0.2, 0) is 12.7 Å². The van der Waals surface area contributed by atoms with Crippen LogP contribution in [0.3, 0.4) is 0 Å². The SMILES string of the molecule is O=c1nc(N2CCC3(CCN(Cc4ccc(OC(F)(F)F)cc4)C3)CC2)sc2c([N+](=O)[O-])cc(C(F)(F)F)cc12. The second-order valence-corrected chi connectivity index (χ2v) is 11.0. The number of nitrogens with zero attached hydrogens (tertiary/aromatic N) is 4. The predicted octanol–water partition coefficient (Wildman–Crippen LogP) is 5.97. The molecule has 3 heterocycles. The van der Waals surface area contributed by atoms with Gasteiger partial charge < -0.3 is 9.64 Å². The zero-order chi connectivity index (χ0) is 28.9. The van der Waals surface area contributed by atoms with Crippen LogP contribution in [0.25, 0.3) is 10.1 Å². The van der Waals surface area contributed by atoms with Crippen molar-refractivity contribution in [3.63, 3.8) is 0 Å². The quantitative estimate of drug-likeness (QED) is 0.206. The molecule has 2 fully saturated rings. The van der Waals surface area contributed by atoms with E-state index in [1.807, 2.05) is 4.90 Å². The molecule has 1 aromatic heterocycles. The number of halogens is 6. The fourth-order valence-corrected chi connectivity index (χ4v) is 6.49. The van der Waals surface area contributed by atoms with Crippen molar-refractivity contribution in [2.75, 3.05) is 31.1 Å². The highest BCUT2D eigenvalue weighted by molar-refractivity contribution is 7.22. The number of rotatable bonds is 5. The van der Waals surface area contributed by atoms with Gasteiger partial charge in [-0.05, 0) is 55.0 Å². The van der Waals surface area contributed by atoms with E-state index in [2.05, 4.69) is 14.6 Å². The Labute approximate surface area is 226 Å². The molecule has 5 rings (SSSR count). The summed E-state index contributed by atoms with van der Waals surface area (Å²) in [6, 6.07) is 6.80. The first-order chi connectivity index (χ1) is 18.7. The largest absolute Gasteiger partial charge is 0.573 e. The normalized spacial score (nSPS) is 18.0. The Morgan fingerprint density at radius 2 is 1.68 bits per heavy atom. The Hall–Kier alpha value is -3.46. The van der Waals surface area contributed by atoms with E-state index in [0.29, 0.717) is 31.8 Å². The van der Waals surface area contributed by atoms with E-state index in [1.54, 1.807) is 12.1 Å². The monoisotopic (exact) mass is 588 g/mol. The van der Waals surface area contributed by atoms with Crippen LogP contribution in [0.15, 0.2) is 41.2 Å². The molecule has 0 atom stereocenters. The van der Waals surface area contributed by atoms with E-state index >= 15 is 0 Å². The van der Waals surface area contributed by atoms with Crippen LogP contribution >= 0.6 is 11.3 Å². The fourth-order valence-electron chi connectivity index (χ4n) is 5.37. The molecule has 8 nitrogen and oxygen atoms in total. The van der Waals surface area contributed by atoms with Crippen molar-refractivity contribution in [2.24, 2.45) is 5.41 Å². The molecule has 0 bridgehead atoms. The lowest BCUT2D eigenvalue weighted by Gasteiger charge is -2.39. The van der Waals surface area contributed by atoms with Gasteiger partial charge in [-0.15, -0.1) is 13.2 Å². The smallest absolute Gasteiger partial charge is 0.406 e. The molecule has 2 aromatic carbocycles. The number of anilines is 1. The number of likely N-dealkylation sites (tertiary alicyclic amines) is 1. The summed E-state index contributed by atoms with van der Waals surface area (Å²) in [5.41, 5.74) is -2.16. The van der Waals surface area contributed by atoms with Gasteiger partial charge in [0.1, 0.15) is 10.4 Å². The first-order valence-electron chi connectivity index (χ1n) is 12.2. The summed E-state index contributed by atoms with van der Waals surface area (Å²) in [6.07, 6.45) is -7.20. The fraction of sp³-hybridized carbons (Fsp3) is 0.440. The number of hydrogen-bond acceptors (Lipinski definition) is 8.